The van der Waals surface area contributed by atoms with Crippen LogP contribution in [0.1, 0.15) is 17.1 Å². The number of hydrogen-bond acceptors (Lipinski definition) is 4. The number of hydrogen-bond donors (Lipinski definition) is 0. The molecule has 3 aromatic heterocycles. The Hall–Kier alpha value is -1.72. The second-order valence-corrected chi connectivity index (χ2v) is 6.66. The van der Waals surface area contributed by atoms with Gasteiger partial charge in [-0.05, 0) is 36.4 Å². The zero-order chi connectivity index (χ0) is 17.6. The minimum Gasteiger partial charge on any atom is -0.286 e. The van der Waals surface area contributed by atoms with Gasteiger partial charge in [0.1, 0.15) is 15.5 Å². The van der Waals surface area contributed by atoms with Crippen LogP contribution < -0.4 is 0 Å². The van der Waals surface area contributed by atoms with Gasteiger partial charge in [0, 0.05) is 19.6 Å². The van der Waals surface area contributed by atoms with Crippen LogP contribution in [0.15, 0.2) is 54.6 Å². The minimum absolute atomic E-state index is 0.471. The zero-order valence-corrected chi connectivity index (χ0v) is 15.5. The molecule has 0 aliphatic rings. The Morgan fingerprint density at radius 3 is 1.16 bits per heavy atom. The van der Waals surface area contributed by atoms with E-state index in [1.54, 1.807) is 18.2 Å². The van der Waals surface area contributed by atoms with Gasteiger partial charge in [-0.3, -0.25) is 4.90 Å². The lowest BCUT2D eigenvalue weighted by Crippen LogP contribution is -2.24. The van der Waals surface area contributed by atoms with Gasteiger partial charge in [-0.25, -0.2) is 15.0 Å². The summed E-state index contributed by atoms with van der Waals surface area (Å²) in [5.41, 5.74) is 2.62. The summed E-state index contributed by atoms with van der Waals surface area (Å²) in [6.07, 6.45) is 0. The molecule has 3 rings (SSSR count). The third-order valence-corrected chi connectivity index (χ3v) is 4.11. The van der Waals surface area contributed by atoms with Crippen LogP contribution in [-0.2, 0) is 19.6 Å². The van der Waals surface area contributed by atoms with Crippen molar-refractivity contribution < 1.29 is 0 Å². The molecule has 25 heavy (non-hydrogen) atoms. The van der Waals surface area contributed by atoms with Gasteiger partial charge < -0.3 is 0 Å². The van der Waals surface area contributed by atoms with Crippen LogP contribution >= 0.6 is 34.8 Å². The Bertz CT molecular complexity index is 744. The van der Waals surface area contributed by atoms with Crippen LogP contribution in [0.2, 0.25) is 15.5 Å². The molecule has 0 fully saturated rings. The Balaban J connectivity index is 1.82. The summed E-state index contributed by atoms with van der Waals surface area (Å²) in [7, 11) is 0. The van der Waals surface area contributed by atoms with Crippen molar-refractivity contribution in [3.8, 4) is 0 Å². The fraction of sp³-hybridized carbons (Fsp3) is 0.167. The molecule has 128 valence electrons. The SMILES string of the molecule is Clc1cccc(CN(Cc2cccc(Cl)n2)Cc2cccc(Cl)n2)n1. The Morgan fingerprint density at radius 1 is 0.560 bits per heavy atom. The van der Waals surface area contributed by atoms with E-state index < -0.39 is 0 Å². The molecular formula is C18H15Cl3N4. The molecule has 0 saturated heterocycles. The van der Waals surface area contributed by atoms with Crippen molar-refractivity contribution >= 4 is 34.8 Å². The molecule has 0 bridgehead atoms. The fourth-order valence-corrected chi connectivity index (χ4v) is 3.01. The van der Waals surface area contributed by atoms with Gasteiger partial charge in [-0.1, -0.05) is 53.0 Å². The summed E-state index contributed by atoms with van der Waals surface area (Å²) in [5, 5.41) is 1.41. The number of pyridine rings is 3. The van der Waals surface area contributed by atoms with Crippen LogP contribution in [0.5, 0.6) is 0 Å². The molecule has 0 amide bonds. The highest BCUT2D eigenvalue weighted by molar-refractivity contribution is 6.29. The second kappa shape index (κ2) is 8.59. The van der Waals surface area contributed by atoms with E-state index in [0.29, 0.717) is 35.1 Å². The van der Waals surface area contributed by atoms with Crippen molar-refractivity contribution in [1.82, 2.24) is 19.9 Å². The molecule has 0 radical (unpaired) electrons. The van der Waals surface area contributed by atoms with Crippen LogP contribution in [0, 0.1) is 0 Å². The standard InChI is InChI=1S/C18H15Cl3N4/c19-16-7-1-4-13(22-16)10-25(11-14-5-2-8-17(20)23-14)12-15-6-3-9-18(21)24-15/h1-9H,10-12H2. The summed E-state index contributed by atoms with van der Waals surface area (Å²) < 4.78 is 0. The summed E-state index contributed by atoms with van der Waals surface area (Å²) in [6, 6.07) is 16.8. The van der Waals surface area contributed by atoms with Crippen molar-refractivity contribution in [2.45, 2.75) is 19.6 Å². The molecule has 0 unspecified atom stereocenters. The van der Waals surface area contributed by atoms with E-state index in [0.717, 1.165) is 17.1 Å². The van der Waals surface area contributed by atoms with Gasteiger partial charge in [-0.15, -0.1) is 0 Å². The average molecular weight is 394 g/mol. The van der Waals surface area contributed by atoms with Crippen molar-refractivity contribution in [3.05, 3.63) is 87.1 Å². The smallest absolute Gasteiger partial charge is 0.129 e. The van der Waals surface area contributed by atoms with Crippen molar-refractivity contribution in [3.63, 3.8) is 0 Å². The first kappa shape index (κ1) is 18.1. The van der Waals surface area contributed by atoms with Crippen LogP contribution in [0.4, 0.5) is 0 Å². The lowest BCUT2D eigenvalue weighted by molar-refractivity contribution is 0.239. The van der Waals surface area contributed by atoms with Crippen LogP contribution in [0.3, 0.4) is 0 Å². The number of aromatic nitrogens is 3. The normalized spacial score (nSPS) is 11.0. The van der Waals surface area contributed by atoms with E-state index in [4.69, 9.17) is 34.8 Å². The Morgan fingerprint density at radius 2 is 0.880 bits per heavy atom. The van der Waals surface area contributed by atoms with E-state index in [1.165, 1.54) is 0 Å². The van der Waals surface area contributed by atoms with E-state index in [9.17, 15) is 0 Å². The number of rotatable bonds is 6. The summed E-state index contributed by atoms with van der Waals surface area (Å²) in [6.45, 7) is 1.80. The van der Waals surface area contributed by atoms with Crippen molar-refractivity contribution in [2.24, 2.45) is 0 Å². The summed E-state index contributed by atoms with van der Waals surface area (Å²) >= 11 is 18.0. The van der Waals surface area contributed by atoms with E-state index in [-0.39, 0.29) is 0 Å². The Labute approximate surface area is 161 Å². The molecule has 0 spiro atoms. The third-order valence-electron chi connectivity index (χ3n) is 3.48. The summed E-state index contributed by atoms with van der Waals surface area (Å²) in [5.74, 6) is 0. The number of halogens is 3. The highest BCUT2D eigenvalue weighted by atomic mass is 35.5. The van der Waals surface area contributed by atoms with Gasteiger partial charge in [0.15, 0.2) is 0 Å². The van der Waals surface area contributed by atoms with Gasteiger partial charge in [0.25, 0.3) is 0 Å². The van der Waals surface area contributed by atoms with Gasteiger partial charge in [0.05, 0.1) is 17.1 Å². The molecule has 0 N–H and O–H groups in total. The number of nitrogens with zero attached hydrogens (tertiary/aromatic N) is 4. The molecular weight excluding hydrogens is 379 g/mol. The summed E-state index contributed by atoms with van der Waals surface area (Å²) in [4.78, 5) is 15.2. The predicted molar refractivity (Wildman–Crippen MR) is 101 cm³/mol. The zero-order valence-electron chi connectivity index (χ0n) is 13.2. The molecule has 3 heterocycles. The monoisotopic (exact) mass is 392 g/mol. The molecule has 4 nitrogen and oxygen atoms in total. The quantitative estimate of drug-likeness (QED) is 0.551. The predicted octanol–water partition coefficient (Wildman–Crippen LogP) is 5.03. The fourth-order valence-electron chi connectivity index (χ4n) is 2.47. The van der Waals surface area contributed by atoms with Crippen LogP contribution in [-0.4, -0.2) is 19.9 Å². The van der Waals surface area contributed by atoms with Crippen molar-refractivity contribution in [1.29, 1.82) is 0 Å². The second-order valence-electron chi connectivity index (χ2n) is 5.50. The van der Waals surface area contributed by atoms with E-state index in [2.05, 4.69) is 19.9 Å². The lowest BCUT2D eigenvalue weighted by Gasteiger charge is -2.21. The van der Waals surface area contributed by atoms with E-state index in [1.807, 2.05) is 36.4 Å². The molecule has 0 atom stereocenters. The maximum absolute atomic E-state index is 6.00. The first-order valence-corrected chi connectivity index (χ1v) is 8.78. The first-order valence-electron chi connectivity index (χ1n) is 7.65. The molecule has 0 aliphatic carbocycles. The lowest BCUT2D eigenvalue weighted by atomic mass is 10.2. The molecule has 3 aromatic rings. The molecule has 0 aliphatic heterocycles. The van der Waals surface area contributed by atoms with Gasteiger partial charge >= 0.3 is 0 Å². The molecule has 7 heteroatoms. The largest absolute Gasteiger partial charge is 0.286 e. The molecule has 0 saturated carbocycles. The first-order chi connectivity index (χ1) is 12.1. The highest BCUT2D eigenvalue weighted by Crippen LogP contribution is 2.15. The van der Waals surface area contributed by atoms with Gasteiger partial charge in [-0.2, -0.15) is 0 Å². The third kappa shape index (κ3) is 5.65. The maximum Gasteiger partial charge on any atom is 0.129 e. The minimum atomic E-state index is 0.471. The Kier molecular flexibility index (Phi) is 6.21. The van der Waals surface area contributed by atoms with Gasteiger partial charge in [0.2, 0.25) is 0 Å². The van der Waals surface area contributed by atoms with Crippen molar-refractivity contribution in [2.75, 3.05) is 0 Å². The average Bonchev–Trinajstić information content (AvgIpc) is 2.55. The van der Waals surface area contributed by atoms with Crippen LogP contribution in [0.25, 0.3) is 0 Å². The maximum atomic E-state index is 6.00. The molecule has 0 aromatic carbocycles. The highest BCUT2D eigenvalue weighted by Gasteiger charge is 2.12. The topological polar surface area (TPSA) is 41.9 Å². The van der Waals surface area contributed by atoms with E-state index >= 15 is 0 Å².